The summed E-state index contributed by atoms with van der Waals surface area (Å²) in [4.78, 5) is 16.6. The van der Waals surface area contributed by atoms with Gasteiger partial charge in [0.2, 0.25) is 5.91 Å². The van der Waals surface area contributed by atoms with Gasteiger partial charge in [-0.1, -0.05) is 30.7 Å². The maximum absolute atomic E-state index is 12.2. The topological polar surface area (TPSA) is 23.6 Å². The van der Waals surface area contributed by atoms with Gasteiger partial charge in [0.1, 0.15) is 0 Å². The van der Waals surface area contributed by atoms with Gasteiger partial charge in [-0.25, -0.2) is 0 Å². The quantitative estimate of drug-likeness (QED) is 0.823. The SMILES string of the molecule is Cc1ccccc1CC(=O)N(C)CCN1CCCCC1. The van der Waals surface area contributed by atoms with E-state index in [2.05, 4.69) is 17.9 Å². The van der Waals surface area contributed by atoms with Gasteiger partial charge in [0.05, 0.1) is 6.42 Å². The lowest BCUT2D eigenvalue weighted by atomic mass is 10.1. The van der Waals surface area contributed by atoms with Crippen molar-refractivity contribution in [1.82, 2.24) is 9.80 Å². The Balaban J connectivity index is 1.78. The molecule has 1 aliphatic heterocycles. The molecule has 0 aromatic heterocycles. The molecule has 20 heavy (non-hydrogen) atoms. The zero-order chi connectivity index (χ0) is 14.4. The lowest BCUT2D eigenvalue weighted by Gasteiger charge is -2.28. The highest BCUT2D eigenvalue weighted by Crippen LogP contribution is 2.10. The van der Waals surface area contributed by atoms with E-state index in [1.54, 1.807) is 0 Å². The first kappa shape index (κ1) is 15.0. The Bertz CT molecular complexity index is 438. The summed E-state index contributed by atoms with van der Waals surface area (Å²) in [6, 6.07) is 8.13. The Morgan fingerprint density at radius 2 is 1.90 bits per heavy atom. The number of carbonyl (C=O) groups is 1. The van der Waals surface area contributed by atoms with Crippen molar-refractivity contribution in [1.29, 1.82) is 0 Å². The molecule has 0 saturated carbocycles. The minimum absolute atomic E-state index is 0.219. The monoisotopic (exact) mass is 274 g/mol. The molecular weight excluding hydrogens is 248 g/mol. The van der Waals surface area contributed by atoms with Crippen LogP contribution >= 0.6 is 0 Å². The number of nitrogens with zero attached hydrogens (tertiary/aromatic N) is 2. The standard InChI is InChI=1S/C17H26N2O/c1-15-8-4-5-9-16(15)14-17(20)18(2)12-13-19-10-6-3-7-11-19/h4-5,8-9H,3,6-7,10-14H2,1-2H3. The molecule has 1 amide bonds. The summed E-state index contributed by atoms with van der Waals surface area (Å²) in [5.41, 5.74) is 2.34. The molecule has 1 aromatic carbocycles. The average Bonchev–Trinajstić information content (AvgIpc) is 2.48. The molecule has 0 spiro atoms. The Kier molecular flexibility index (Phi) is 5.60. The van der Waals surface area contributed by atoms with Crippen molar-refractivity contribution in [3.8, 4) is 0 Å². The van der Waals surface area contributed by atoms with Crippen LogP contribution in [-0.2, 0) is 11.2 Å². The highest BCUT2D eigenvalue weighted by Gasteiger charge is 2.14. The van der Waals surface area contributed by atoms with E-state index in [1.165, 1.54) is 37.9 Å². The van der Waals surface area contributed by atoms with Gasteiger partial charge in [-0.3, -0.25) is 4.79 Å². The van der Waals surface area contributed by atoms with E-state index in [9.17, 15) is 4.79 Å². The van der Waals surface area contributed by atoms with Crippen molar-refractivity contribution in [2.24, 2.45) is 0 Å². The lowest BCUT2D eigenvalue weighted by Crippen LogP contribution is -2.39. The molecule has 3 heteroatoms. The van der Waals surface area contributed by atoms with Gasteiger partial charge in [-0.15, -0.1) is 0 Å². The van der Waals surface area contributed by atoms with Gasteiger partial charge in [-0.05, 0) is 44.0 Å². The number of aryl methyl sites for hydroxylation is 1. The molecule has 1 saturated heterocycles. The van der Waals surface area contributed by atoms with Crippen LogP contribution in [0.3, 0.4) is 0 Å². The van der Waals surface area contributed by atoms with Gasteiger partial charge in [0.25, 0.3) is 0 Å². The number of hydrogen-bond donors (Lipinski definition) is 0. The fourth-order valence-electron chi connectivity index (χ4n) is 2.71. The van der Waals surface area contributed by atoms with Crippen molar-refractivity contribution in [2.45, 2.75) is 32.6 Å². The summed E-state index contributed by atoms with van der Waals surface area (Å²) in [5.74, 6) is 0.219. The second-order valence-corrected chi connectivity index (χ2v) is 5.82. The van der Waals surface area contributed by atoms with Crippen molar-refractivity contribution < 1.29 is 4.79 Å². The van der Waals surface area contributed by atoms with E-state index in [4.69, 9.17) is 0 Å². The zero-order valence-electron chi connectivity index (χ0n) is 12.8. The molecule has 1 aliphatic rings. The first-order chi connectivity index (χ1) is 9.66. The molecule has 0 radical (unpaired) electrons. The lowest BCUT2D eigenvalue weighted by molar-refractivity contribution is -0.129. The van der Waals surface area contributed by atoms with E-state index in [0.717, 1.165) is 18.7 Å². The van der Waals surface area contributed by atoms with Crippen LogP contribution < -0.4 is 0 Å². The number of likely N-dealkylation sites (N-methyl/N-ethyl adjacent to an activating group) is 1. The van der Waals surface area contributed by atoms with Crippen molar-refractivity contribution in [3.05, 3.63) is 35.4 Å². The van der Waals surface area contributed by atoms with Gasteiger partial charge in [0.15, 0.2) is 0 Å². The minimum Gasteiger partial charge on any atom is -0.344 e. The second kappa shape index (κ2) is 7.44. The summed E-state index contributed by atoms with van der Waals surface area (Å²) in [7, 11) is 1.92. The second-order valence-electron chi connectivity index (χ2n) is 5.82. The molecule has 0 aliphatic carbocycles. The number of amides is 1. The highest BCUT2D eigenvalue weighted by molar-refractivity contribution is 5.78. The Morgan fingerprint density at radius 1 is 1.20 bits per heavy atom. The van der Waals surface area contributed by atoms with E-state index >= 15 is 0 Å². The van der Waals surface area contributed by atoms with Crippen molar-refractivity contribution in [3.63, 3.8) is 0 Å². The van der Waals surface area contributed by atoms with Gasteiger partial charge >= 0.3 is 0 Å². The first-order valence-electron chi connectivity index (χ1n) is 7.67. The maximum atomic E-state index is 12.2. The molecule has 3 nitrogen and oxygen atoms in total. The largest absolute Gasteiger partial charge is 0.344 e. The predicted octanol–water partition coefficient (Wildman–Crippen LogP) is 2.48. The molecule has 0 N–H and O–H groups in total. The molecule has 1 fully saturated rings. The number of hydrogen-bond acceptors (Lipinski definition) is 2. The molecule has 1 heterocycles. The van der Waals surface area contributed by atoms with E-state index in [1.807, 2.05) is 30.1 Å². The number of carbonyl (C=O) groups excluding carboxylic acids is 1. The van der Waals surface area contributed by atoms with Crippen molar-refractivity contribution in [2.75, 3.05) is 33.2 Å². The number of likely N-dealkylation sites (tertiary alicyclic amines) is 1. The van der Waals surface area contributed by atoms with E-state index in [-0.39, 0.29) is 5.91 Å². The van der Waals surface area contributed by atoms with Gasteiger partial charge < -0.3 is 9.80 Å². The Labute approximate surface area is 122 Å². The third kappa shape index (κ3) is 4.34. The third-order valence-electron chi connectivity index (χ3n) is 4.23. The fourth-order valence-corrected chi connectivity index (χ4v) is 2.71. The van der Waals surface area contributed by atoms with Crippen LogP contribution in [0, 0.1) is 6.92 Å². The molecule has 0 atom stereocenters. The average molecular weight is 274 g/mol. The van der Waals surface area contributed by atoms with Crippen molar-refractivity contribution >= 4 is 5.91 Å². The van der Waals surface area contributed by atoms with Crippen LogP contribution in [0.4, 0.5) is 0 Å². The van der Waals surface area contributed by atoms with E-state index in [0.29, 0.717) is 6.42 Å². The van der Waals surface area contributed by atoms with Crippen LogP contribution in [0.1, 0.15) is 30.4 Å². The third-order valence-corrected chi connectivity index (χ3v) is 4.23. The molecule has 2 rings (SSSR count). The van der Waals surface area contributed by atoms with Crippen LogP contribution in [0.25, 0.3) is 0 Å². The Morgan fingerprint density at radius 3 is 2.60 bits per heavy atom. The summed E-state index contributed by atoms with van der Waals surface area (Å²) in [6.45, 7) is 6.30. The molecular formula is C17H26N2O. The normalized spacial score (nSPS) is 16.1. The zero-order valence-corrected chi connectivity index (χ0v) is 12.8. The first-order valence-corrected chi connectivity index (χ1v) is 7.67. The van der Waals surface area contributed by atoms with Gasteiger partial charge in [-0.2, -0.15) is 0 Å². The predicted molar refractivity (Wildman–Crippen MR) is 82.8 cm³/mol. The Hall–Kier alpha value is -1.35. The smallest absolute Gasteiger partial charge is 0.226 e. The number of rotatable bonds is 5. The molecule has 0 unspecified atom stereocenters. The van der Waals surface area contributed by atoms with Gasteiger partial charge in [0, 0.05) is 20.1 Å². The van der Waals surface area contributed by atoms with Crippen LogP contribution in [-0.4, -0.2) is 48.9 Å². The minimum atomic E-state index is 0.219. The number of piperidine rings is 1. The van der Waals surface area contributed by atoms with Crippen LogP contribution in [0.5, 0.6) is 0 Å². The highest BCUT2D eigenvalue weighted by atomic mass is 16.2. The summed E-state index contributed by atoms with van der Waals surface area (Å²) < 4.78 is 0. The molecule has 110 valence electrons. The summed E-state index contributed by atoms with van der Waals surface area (Å²) in [6.07, 6.45) is 4.49. The van der Waals surface area contributed by atoms with Crippen LogP contribution in [0.15, 0.2) is 24.3 Å². The molecule has 0 bridgehead atoms. The molecule has 1 aromatic rings. The fraction of sp³-hybridized carbons (Fsp3) is 0.588. The number of benzene rings is 1. The van der Waals surface area contributed by atoms with Crippen LogP contribution in [0.2, 0.25) is 0 Å². The maximum Gasteiger partial charge on any atom is 0.226 e. The van der Waals surface area contributed by atoms with E-state index < -0.39 is 0 Å². The summed E-state index contributed by atoms with van der Waals surface area (Å²) >= 11 is 0. The summed E-state index contributed by atoms with van der Waals surface area (Å²) in [5, 5.41) is 0.